The molecule has 74 valence electrons. The Bertz CT molecular complexity index is 348. The van der Waals surface area contributed by atoms with Crippen molar-refractivity contribution >= 4 is 11.6 Å². The average Bonchev–Trinajstić information content (AvgIpc) is 2.17. The quantitative estimate of drug-likeness (QED) is 0.392. The van der Waals surface area contributed by atoms with E-state index in [-0.39, 0.29) is 12.1 Å². The smallest absolute Gasteiger partial charge is 0.187 e. The molecule has 0 radical (unpaired) electrons. The molecule has 0 aromatic heterocycles. The number of rotatable bonds is 1. The molecule has 0 saturated carbocycles. The zero-order valence-corrected chi connectivity index (χ0v) is 7.88. The van der Waals surface area contributed by atoms with E-state index in [0.717, 1.165) is 18.5 Å². The summed E-state index contributed by atoms with van der Waals surface area (Å²) in [5.74, 6) is 0.0156. The van der Waals surface area contributed by atoms with Crippen LogP contribution >= 0.6 is 0 Å². The van der Waals surface area contributed by atoms with E-state index >= 15 is 0 Å². The van der Waals surface area contributed by atoms with Crippen molar-refractivity contribution in [3.63, 3.8) is 0 Å². The van der Waals surface area contributed by atoms with E-state index < -0.39 is 0 Å². The van der Waals surface area contributed by atoms with Crippen molar-refractivity contribution in [2.75, 3.05) is 5.32 Å². The maximum Gasteiger partial charge on any atom is 0.187 e. The van der Waals surface area contributed by atoms with Gasteiger partial charge in [0, 0.05) is 5.69 Å². The molecule has 1 aromatic carbocycles. The first-order chi connectivity index (χ1) is 6.75. The number of nitrogens with two attached hydrogens (primary N) is 1. The SMILES string of the molecule is N=C(N)NC1CCc2ccccc2N1. The second-order valence-electron chi connectivity index (χ2n) is 3.45. The Hall–Kier alpha value is -1.71. The first-order valence-corrected chi connectivity index (χ1v) is 4.71. The Morgan fingerprint density at radius 3 is 3.07 bits per heavy atom. The monoisotopic (exact) mass is 190 g/mol. The van der Waals surface area contributed by atoms with E-state index in [4.69, 9.17) is 11.1 Å². The lowest BCUT2D eigenvalue weighted by Crippen LogP contribution is -2.45. The second-order valence-corrected chi connectivity index (χ2v) is 3.45. The lowest BCUT2D eigenvalue weighted by Gasteiger charge is -2.27. The van der Waals surface area contributed by atoms with Gasteiger partial charge in [0.15, 0.2) is 5.96 Å². The summed E-state index contributed by atoms with van der Waals surface area (Å²) in [5.41, 5.74) is 7.74. The predicted molar refractivity (Wildman–Crippen MR) is 57.2 cm³/mol. The Balaban J connectivity index is 2.09. The summed E-state index contributed by atoms with van der Waals surface area (Å²) in [6.45, 7) is 0. The van der Waals surface area contributed by atoms with E-state index in [0.29, 0.717) is 0 Å². The van der Waals surface area contributed by atoms with Crippen LogP contribution < -0.4 is 16.4 Å². The molecule has 14 heavy (non-hydrogen) atoms. The van der Waals surface area contributed by atoms with Gasteiger partial charge in [-0.3, -0.25) is 5.41 Å². The fraction of sp³-hybridized carbons (Fsp3) is 0.300. The van der Waals surface area contributed by atoms with Crippen molar-refractivity contribution in [1.29, 1.82) is 5.41 Å². The second kappa shape index (κ2) is 3.57. The largest absolute Gasteiger partial charge is 0.370 e. The van der Waals surface area contributed by atoms with E-state index in [1.807, 2.05) is 18.2 Å². The molecule has 5 N–H and O–H groups in total. The minimum Gasteiger partial charge on any atom is -0.370 e. The molecule has 1 aliphatic heterocycles. The van der Waals surface area contributed by atoms with Crippen molar-refractivity contribution in [2.45, 2.75) is 19.0 Å². The van der Waals surface area contributed by atoms with Gasteiger partial charge in [-0.05, 0) is 24.5 Å². The number of aryl methyl sites for hydroxylation is 1. The molecule has 1 heterocycles. The topological polar surface area (TPSA) is 73.9 Å². The summed E-state index contributed by atoms with van der Waals surface area (Å²) in [4.78, 5) is 0. The van der Waals surface area contributed by atoms with Crippen molar-refractivity contribution in [1.82, 2.24) is 5.32 Å². The Labute approximate surface area is 83.0 Å². The summed E-state index contributed by atoms with van der Waals surface area (Å²) in [6.07, 6.45) is 2.06. The highest BCUT2D eigenvalue weighted by atomic mass is 15.2. The highest BCUT2D eigenvalue weighted by Gasteiger charge is 2.16. The normalized spacial score (nSPS) is 19.3. The van der Waals surface area contributed by atoms with Crippen LogP contribution in [0.25, 0.3) is 0 Å². The Morgan fingerprint density at radius 1 is 1.50 bits per heavy atom. The van der Waals surface area contributed by atoms with Crippen LogP contribution in [0.15, 0.2) is 24.3 Å². The van der Waals surface area contributed by atoms with Gasteiger partial charge in [0.2, 0.25) is 0 Å². The van der Waals surface area contributed by atoms with Crippen LogP contribution in [0.2, 0.25) is 0 Å². The number of hydrogen-bond donors (Lipinski definition) is 4. The Kier molecular flexibility index (Phi) is 2.26. The predicted octanol–water partition coefficient (Wildman–Crippen LogP) is 0.854. The van der Waals surface area contributed by atoms with E-state index in [2.05, 4.69) is 16.7 Å². The zero-order chi connectivity index (χ0) is 9.97. The van der Waals surface area contributed by atoms with Crippen LogP contribution in [0.3, 0.4) is 0 Å². The molecule has 0 spiro atoms. The summed E-state index contributed by atoms with van der Waals surface area (Å²) >= 11 is 0. The summed E-state index contributed by atoms with van der Waals surface area (Å²) < 4.78 is 0. The van der Waals surface area contributed by atoms with Gasteiger partial charge in [-0.1, -0.05) is 18.2 Å². The highest BCUT2D eigenvalue weighted by Crippen LogP contribution is 2.22. The van der Waals surface area contributed by atoms with Gasteiger partial charge in [0.1, 0.15) is 0 Å². The number of benzene rings is 1. The molecular weight excluding hydrogens is 176 g/mol. The van der Waals surface area contributed by atoms with Crippen molar-refractivity contribution in [3.05, 3.63) is 29.8 Å². The van der Waals surface area contributed by atoms with Crippen LogP contribution in [0.4, 0.5) is 5.69 Å². The lowest BCUT2D eigenvalue weighted by atomic mass is 10.0. The number of hydrogen-bond acceptors (Lipinski definition) is 2. The molecule has 4 nitrogen and oxygen atoms in total. The molecule has 4 heteroatoms. The third kappa shape index (κ3) is 1.79. The fourth-order valence-electron chi connectivity index (χ4n) is 1.73. The van der Waals surface area contributed by atoms with E-state index in [9.17, 15) is 0 Å². The van der Waals surface area contributed by atoms with Crippen LogP contribution in [-0.4, -0.2) is 12.1 Å². The first kappa shape index (κ1) is 8.87. The number of fused-ring (bicyclic) bond motifs is 1. The molecule has 1 aliphatic rings. The minimum atomic E-state index is 0.0156. The maximum atomic E-state index is 7.14. The molecule has 0 amide bonds. The Morgan fingerprint density at radius 2 is 2.29 bits per heavy atom. The molecule has 1 aromatic rings. The molecular formula is C10H14N4. The maximum absolute atomic E-state index is 7.14. The fourth-order valence-corrected chi connectivity index (χ4v) is 1.73. The number of guanidine groups is 1. The van der Waals surface area contributed by atoms with Crippen molar-refractivity contribution in [2.24, 2.45) is 5.73 Å². The standard InChI is InChI=1S/C10H14N4/c11-10(12)14-9-6-5-7-3-1-2-4-8(7)13-9/h1-4,9,13H,5-6H2,(H4,11,12,14). The average molecular weight is 190 g/mol. The molecule has 1 atom stereocenters. The van der Waals surface area contributed by atoms with Gasteiger partial charge in [-0.15, -0.1) is 0 Å². The van der Waals surface area contributed by atoms with Crippen molar-refractivity contribution < 1.29 is 0 Å². The molecule has 0 aliphatic carbocycles. The molecule has 0 bridgehead atoms. The zero-order valence-electron chi connectivity index (χ0n) is 7.88. The van der Waals surface area contributed by atoms with Gasteiger partial charge in [-0.25, -0.2) is 0 Å². The third-order valence-corrected chi connectivity index (χ3v) is 2.38. The van der Waals surface area contributed by atoms with E-state index in [1.54, 1.807) is 0 Å². The summed E-state index contributed by atoms with van der Waals surface area (Å²) in [6, 6.07) is 8.21. The molecule has 2 rings (SSSR count). The minimum absolute atomic E-state index is 0.0156. The van der Waals surface area contributed by atoms with Crippen LogP contribution in [0.1, 0.15) is 12.0 Å². The van der Waals surface area contributed by atoms with E-state index in [1.165, 1.54) is 5.56 Å². The highest BCUT2D eigenvalue weighted by molar-refractivity contribution is 5.75. The molecule has 0 fully saturated rings. The number of para-hydroxylation sites is 1. The third-order valence-electron chi connectivity index (χ3n) is 2.38. The molecule has 1 unspecified atom stereocenters. The first-order valence-electron chi connectivity index (χ1n) is 4.71. The van der Waals surface area contributed by atoms with Gasteiger partial charge in [-0.2, -0.15) is 0 Å². The number of anilines is 1. The lowest BCUT2D eigenvalue weighted by molar-refractivity contribution is 0.596. The summed E-state index contributed by atoms with van der Waals surface area (Å²) in [7, 11) is 0. The van der Waals surface area contributed by atoms with Crippen LogP contribution in [0.5, 0.6) is 0 Å². The number of nitrogens with one attached hydrogen (secondary N) is 3. The van der Waals surface area contributed by atoms with Gasteiger partial charge in [0.05, 0.1) is 6.17 Å². The van der Waals surface area contributed by atoms with Gasteiger partial charge in [0.25, 0.3) is 0 Å². The van der Waals surface area contributed by atoms with Crippen LogP contribution in [0, 0.1) is 5.41 Å². The van der Waals surface area contributed by atoms with Crippen molar-refractivity contribution in [3.8, 4) is 0 Å². The van der Waals surface area contributed by atoms with Gasteiger partial charge >= 0.3 is 0 Å². The molecule has 0 saturated heterocycles. The summed E-state index contributed by atoms with van der Waals surface area (Å²) in [5, 5.41) is 13.3. The van der Waals surface area contributed by atoms with Gasteiger partial charge < -0.3 is 16.4 Å². The van der Waals surface area contributed by atoms with Crippen LogP contribution in [-0.2, 0) is 6.42 Å².